The number of carbonyl (C=O) groups excluding carboxylic acids is 2. The molecule has 0 radical (unpaired) electrons. The van der Waals surface area contributed by atoms with E-state index in [1.54, 1.807) is 12.1 Å². The van der Waals surface area contributed by atoms with Crippen LogP contribution in [0.15, 0.2) is 24.3 Å². The number of nitriles is 1. The number of carbonyl (C=O) groups is 2. The first-order chi connectivity index (χ1) is 7.70. The molecule has 0 heterocycles. The molecule has 1 aliphatic carbocycles. The topological polar surface area (TPSA) is 57.9 Å². The summed E-state index contributed by atoms with van der Waals surface area (Å²) >= 11 is 0. The molecule has 0 atom stereocenters. The molecular formula is C13H11NO2. The van der Waals surface area contributed by atoms with Crippen molar-refractivity contribution in [1.82, 2.24) is 0 Å². The van der Waals surface area contributed by atoms with Crippen LogP contribution < -0.4 is 0 Å². The van der Waals surface area contributed by atoms with Crippen molar-refractivity contribution < 1.29 is 9.59 Å². The first-order valence-corrected chi connectivity index (χ1v) is 5.23. The Bertz CT molecular complexity index is 469. The van der Waals surface area contributed by atoms with E-state index in [1.165, 1.54) is 0 Å². The second-order valence-electron chi connectivity index (χ2n) is 4.06. The molecule has 2 rings (SSSR count). The molecule has 1 aromatic carbocycles. The lowest BCUT2D eigenvalue weighted by molar-refractivity contribution is -0.130. The molecule has 0 spiro atoms. The number of hydrogen-bond donors (Lipinski definition) is 0. The number of nitrogens with zero attached hydrogens (tertiary/aromatic N) is 1. The molecule has 0 aliphatic heterocycles. The summed E-state index contributed by atoms with van der Waals surface area (Å²) in [6.07, 6.45) is 0.820. The van der Waals surface area contributed by atoms with Gasteiger partial charge in [-0.25, -0.2) is 0 Å². The molecule has 0 saturated heterocycles. The van der Waals surface area contributed by atoms with Crippen LogP contribution in [-0.4, -0.2) is 11.6 Å². The Kier molecular flexibility index (Phi) is 2.82. The summed E-state index contributed by atoms with van der Waals surface area (Å²) < 4.78 is 0. The summed E-state index contributed by atoms with van der Waals surface area (Å²) in [4.78, 5) is 22.7. The zero-order valence-corrected chi connectivity index (χ0v) is 8.77. The molecule has 3 nitrogen and oxygen atoms in total. The van der Waals surface area contributed by atoms with Gasteiger partial charge in [0.15, 0.2) is 0 Å². The van der Waals surface area contributed by atoms with Crippen molar-refractivity contribution in [3.63, 3.8) is 0 Å². The van der Waals surface area contributed by atoms with Gasteiger partial charge < -0.3 is 0 Å². The Balaban J connectivity index is 2.33. The van der Waals surface area contributed by atoms with Gasteiger partial charge in [0.05, 0.1) is 18.1 Å². The van der Waals surface area contributed by atoms with Gasteiger partial charge >= 0.3 is 0 Å². The minimum Gasteiger partial charge on any atom is -0.299 e. The fraction of sp³-hybridized carbons (Fsp3) is 0.308. The highest BCUT2D eigenvalue weighted by atomic mass is 16.1. The van der Waals surface area contributed by atoms with Crippen molar-refractivity contribution in [3.05, 3.63) is 35.4 Å². The second kappa shape index (κ2) is 4.28. The van der Waals surface area contributed by atoms with Crippen LogP contribution in [0.3, 0.4) is 0 Å². The maximum atomic E-state index is 11.4. The highest BCUT2D eigenvalue weighted by Crippen LogP contribution is 2.31. The molecule has 0 amide bonds. The second-order valence-corrected chi connectivity index (χ2v) is 4.06. The fourth-order valence-electron chi connectivity index (χ4n) is 2.16. The van der Waals surface area contributed by atoms with E-state index in [4.69, 9.17) is 5.26 Å². The number of rotatable bonds is 1. The highest BCUT2D eigenvalue weighted by molar-refractivity contribution is 6.02. The van der Waals surface area contributed by atoms with Crippen molar-refractivity contribution >= 4 is 11.6 Å². The standard InChI is InChI=1S/C13H11NO2/c14-8-9-3-1-2-4-13(9)10-5-11(15)7-12(16)6-10/h1-4,10H,5-7H2. The summed E-state index contributed by atoms with van der Waals surface area (Å²) in [5.41, 5.74) is 1.39. The van der Waals surface area contributed by atoms with Crippen molar-refractivity contribution in [2.24, 2.45) is 0 Å². The van der Waals surface area contributed by atoms with Gasteiger partial charge in [-0.3, -0.25) is 9.59 Å². The molecule has 0 aromatic heterocycles. The zero-order chi connectivity index (χ0) is 11.5. The minimum atomic E-state index is -0.107. The van der Waals surface area contributed by atoms with Crippen LogP contribution in [0.4, 0.5) is 0 Å². The lowest BCUT2D eigenvalue weighted by Gasteiger charge is -2.21. The Morgan fingerprint density at radius 2 is 1.75 bits per heavy atom. The van der Waals surface area contributed by atoms with Gasteiger partial charge in [-0.15, -0.1) is 0 Å². The van der Waals surface area contributed by atoms with Crippen LogP contribution >= 0.6 is 0 Å². The normalized spacial score (nSPS) is 17.2. The number of Topliss-reactive ketones (excluding diaryl/α,β-unsaturated/α-hetero) is 2. The molecule has 16 heavy (non-hydrogen) atoms. The maximum absolute atomic E-state index is 11.4. The van der Waals surface area contributed by atoms with Crippen molar-refractivity contribution in [1.29, 1.82) is 5.26 Å². The number of ketones is 2. The Labute approximate surface area is 93.7 Å². The highest BCUT2D eigenvalue weighted by Gasteiger charge is 2.27. The van der Waals surface area contributed by atoms with E-state index in [2.05, 4.69) is 6.07 Å². The van der Waals surface area contributed by atoms with Gasteiger partial charge in [0.2, 0.25) is 0 Å². The average molecular weight is 213 g/mol. The Morgan fingerprint density at radius 3 is 2.38 bits per heavy atom. The van der Waals surface area contributed by atoms with Crippen LogP contribution in [0.2, 0.25) is 0 Å². The van der Waals surface area contributed by atoms with E-state index in [0.29, 0.717) is 18.4 Å². The lowest BCUT2D eigenvalue weighted by atomic mass is 9.81. The number of benzene rings is 1. The van der Waals surface area contributed by atoms with E-state index in [1.807, 2.05) is 12.1 Å². The van der Waals surface area contributed by atoms with Crippen LogP contribution in [0.5, 0.6) is 0 Å². The molecule has 0 N–H and O–H groups in total. The molecule has 0 unspecified atom stereocenters. The molecule has 1 fully saturated rings. The molecule has 1 aromatic rings. The van der Waals surface area contributed by atoms with Gasteiger partial charge in [0.25, 0.3) is 0 Å². The first kappa shape index (κ1) is 10.6. The predicted molar refractivity (Wildman–Crippen MR) is 57.8 cm³/mol. The molecule has 1 saturated carbocycles. The summed E-state index contributed by atoms with van der Waals surface area (Å²) in [6.45, 7) is 0. The van der Waals surface area contributed by atoms with E-state index < -0.39 is 0 Å². The third-order valence-corrected chi connectivity index (χ3v) is 2.86. The summed E-state index contributed by atoms with van der Waals surface area (Å²) in [5.74, 6) is -0.146. The molecule has 0 bridgehead atoms. The van der Waals surface area contributed by atoms with E-state index in [0.717, 1.165) is 5.56 Å². The van der Waals surface area contributed by atoms with Crippen molar-refractivity contribution in [3.8, 4) is 6.07 Å². The van der Waals surface area contributed by atoms with Gasteiger partial charge in [-0.1, -0.05) is 18.2 Å². The average Bonchev–Trinajstić information content (AvgIpc) is 2.27. The van der Waals surface area contributed by atoms with Crippen molar-refractivity contribution in [2.45, 2.75) is 25.2 Å². The monoisotopic (exact) mass is 213 g/mol. The third kappa shape index (κ3) is 2.01. The lowest BCUT2D eigenvalue weighted by Crippen LogP contribution is -2.21. The number of hydrogen-bond acceptors (Lipinski definition) is 3. The summed E-state index contributed by atoms with van der Waals surface area (Å²) in [6, 6.07) is 9.27. The maximum Gasteiger partial charge on any atom is 0.140 e. The molecule has 3 heteroatoms. The van der Waals surface area contributed by atoms with E-state index >= 15 is 0 Å². The predicted octanol–water partition coefficient (Wildman–Crippen LogP) is 1.96. The zero-order valence-electron chi connectivity index (χ0n) is 8.77. The minimum absolute atomic E-state index is 0.0195. The van der Waals surface area contributed by atoms with Crippen LogP contribution in [0, 0.1) is 11.3 Å². The SMILES string of the molecule is N#Cc1ccccc1C1CC(=O)CC(=O)C1. The largest absolute Gasteiger partial charge is 0.299 e. The van der Waals surface area contributed by atoms with Crippen molar-refractivity contribution in [2.75, 3.05) is 0 Å². The molecule has 80 valence electrons. The van der Waals surface area contributed by atoms with Gasteiger partial charge in [0, 0.05) is 12.8 Å². The molecular weight excluding hydrogens is 202 g/mol. The van der Waals surface area contributed by atoms with E-state index in [-0.39, 0.29) is 23.9 Å². The summed E-state index contributed by atoms with van der Waals surface area (Å²) in [5, 5.41) is 8.96. The first-order valence-electron chi connectivity index (χ1n) is 5.23. The fourth-order valence-corrected chi connectivity index (χ4v) is 2.16. The van der Waals surface area contributed by atoms with E-state index in [9.17, 15) is 9.59 Å². The quantitative estimate of drug-likeness (QED) is 0.670. The smallest absolute Gasteiger partial charge is 0.140 e. The van der Waals surface area contributed by atoms with Gasteiger partial charge in [-0.2, -0.15) is 5.26 Å². The Morgan fingerprint density at radius 1 is 1.12 bits per heavy atom. The van der Waals surface area contributed by atoms with Gasteiger partial charge in [-0.05, 0) is 17.5 Å². The third-order valence-electron chi connectivity index (χ3n) is 2.86. The summed E-state index contributed by atoms with van der Waals surface area (Å²) in [7, 11) is 0. The van der Waals surface area contributed by atoms with Crippen LogP contribution in [-0.2, 0) is 9.59 Å². The van der Waals surface area contributed by atoms with Gasteiger partial charge in [0.1, 0.15) is 11.6 Å². The molecule has 1 aliphatic rings. The van der Waals surface area contributed by atoms with Crippen LogP contribution in [0.1, 0.15) is 36.3 Å². The van der Waals surface area contributed by atoms with Crippen LogP contribution in [0.25, 0.3) is 0 Å². The Hall–Kier alpha value is -1.95.